The van der Waals surface area contributed by atoms with Gasteiger partial charge in [0.05, 0.1) is 23.9 Å². The second kappa shape index (κ2) is 9.74. The van der Waals surface area contributed by atoms with E-state index < -0.39 is 0 Å². The van der Waals surface area contributed by atoms with Gasteiger partial charge < -0.3 is 19.5 Å². The van der Waals surface area contributed by atoms with Gasteiger partial charge in [-0.05, 0) is 106 Å². The number of pyridine rings is 2. The zero-order valence-corrected chi connectivity index (χ0v) is 22.1. The number of nitrogens with one attached hydrogen (secondary N) is 1. The summed E-state index contributed by atoms with van der Waals surface area (Å²) in [5, 5.41) is 4.23. The highest BCUT2D eigenvalue weighted by atomic mass is 32.1. The number of thiocarbonyl (C=S) groups is 1. The van der Waals surface area contributed by atoms with Crippen molar-refractivity contribution in [2.45, 2.75) is 52.8 Å². The third-order valence-corrected chi connectivity index (χ3v) is 6.81. The van der Waals surface area contributed by atoms with Gasteiger partial charge >= 0.3 is 0 Å². The number of aryl methyl sites for hydroxylation is 2. The van der Waals surface area contributed by atoms with E-state index in [1.165, 1.54) is 5.56 Å². The predicted octanol–water partition coefficient (Wildman–Crippen LogP) is 6.16. The molecule has 1 aliphatic heterocycles. The summed E-state index contributed by atoms with van der Waals surface area (Å²) in [7, 11) is 0. The Labute approximate surface area is 218 Å². The van der Waals surface area contributed by atoms with Crippen LogP contribution in [0.25, 0.3) is 5.82 Å². The van der Waals surface area contributed by atoms with Gasteiger partial charge in [-0.2, -0.15) is 0 Å². The zero-order chi connectivity index (χ0) is 25.4. The van der Waals surface area contributed by atoms with Gasteiger partial charge in [0.2, 0.25) is 0 Å². The first kappa shape index (κ1) is 24.0. The Morgan fingerprint density at radius 1 is 0.972 bits per heavy atom. The molecule has 7 heteroatoms. The summed E-state index contributed by atoms with van der Waals surface area (Å²) in [6, 6.07) is 20.4. The van der Waals surface area contributed by atoms with Crippen LogP contribution >= 0.6 is 12.2 Å². The third-order valence-electron chi connectivity index (χ3n) is 6.50. The molecule has 1 aliphatic rings. The van der Waals surface area contributed by atoms with Crippen molar-refractivity contribution in [3.8, 4) is 11.6 Å². The maximum atomic E-state index is 5.91. The first-order chi connectivity index (χ1) is 17.3. The first-order valence-corrected chi connectivity index (χ1v) is 12.6. The molecule has 184 valence electrons. The Morgan fingerprint density at radius 3 is 2.39 bits per heavy atom. The summed E-state index contributed by atoms with van der Waals surface area (Å²) in [4.78, 5) is 11.6. The largest absolute Gasteiger partial charge is 0.491 e. The Hall–Kier alpha value is -3.71. The van der Waals surface area contributed by atoms with Crippen molar-refractivity contribution < 1.29 is 4.74 Å². The quantitative estimate of drug-likeness (QED) is 0.322. The summed E-state index contributed by atoms with van der Waals surface area (Å²) < 4.78 is 8.08. The maximum Gasteiger partial charge on any atom is 0.174 e. The molecule has 0 amide bonds. The minimum Gasteiger partial charge on any atom is -0.491 e. The summed E-state index contributed by atoms with van der Waals surface area (Å²) in [5.41, 5.74) is 6.53. The van der Waals surface area contributed by atoms with Crippen molar-refractivity contribution in [3.05, 3.63) is 101 Å². The van der Waals surface area contributed by atoms with Crippen LogP contribution in [0.2, 0.25) is 0 Å². The van der Waals surface area contributed by atoms with Gasteiger partial charge in [0.25, 0.3) is 0 Å². The third kappa shape index (κ3) is 4.46. The number of benzene rings is 1. The van der Waals surface area contributed by atoms with Gasteiger partial charge in [0.1, 0.15) is 11.6 Å². The SMILES string of the molecule is Cc1ccc(-n2c(C)cc(C3C(c4ccccn4)NC(=S)N3c3ccc(OC(C)C)cc3)c2C)nc1. The van der Waals surface area contributed by atoms with Crippen molar-refractivity contribution in [1.82, 2.24) is 19.9 Å². The van der Waals surface area contributed by atoms with Crippen LogP contribution in [0, 0.1) is 20.8 Å². The standard InChI is InChI=1S/C29H31N5OS/c1-18(2)35-23-12-10-22(11-13-23)34-28(27(32-29(34)36)25-8-6-7-15-30-25)24-16-20(4)33(21(24)5)26-14-9-19(3)17-31-26/h6-18,27-28H,1-5H3,(H,32,36). The predicted molar refractivity (Wildman–Crippen MR) is 148 cm³/mol. The van der Waals surface area contributed by atoms with Gasteiger partial charge in [-0.1, -0.05) is 12.1 Å². The molecule has 2 unspecified atom stereocenters. The highest BCUT2D eigenvalue weighted by Crippen LogP contribution is 2.43. The molecule has 0 bridgehead atoms. The van der Waals surface area contributed by atoms with E-state index >= 15 is 0 Å². The normalized spacial score (nSPS) is 17.5. The molecular formula is C29H31N5OS. The van der Waals surface area contributed by atoms with Crippen LogP contribution in [-0.4, -0.2) is 25.8 Å². The lowest BCUT2D eigenvalue weighted by molar-refractivity contribution is 0.242. The monoisotopic (exact) mass is 497 g/mol. The number of hydrogen-bond donors (Lipinski definition) is 1. The molecule has 0 radical (unpaired) electrons. The molecule has 1 aromatic carbocycles. The van der Waals surface area contributed by atoms with Gasteiger partial charge in [-0.3, -0.25) is 4.98 Å². The molecular weight excluding hydrogens is 466 g/mol. The highest BCUT2D eigenvalue weighted by molar-refractivity contribution is 7.80. The van der Waals surface area contributed by atoms with Gasteiger partial charge in [0, 0.05) is 29.5 Å². The minimum absolute atomic E-state index is 0.0883. The smallest absolute Gasteiger partial charge is 0.174 e. The fourth-order valence-corrected chi connectivity index (χ4v) is 5.28. The lowest BCUT2D eigenvalue weighted by Crippen LogP contribution is -2.29. The van der Waals surface area contributed by atoms with E-state index in [0.29, 0.717) is 5.11 Å². The lowest BCUT2D eigenvalue weighted by atomic mass is 9.96. The van der Waals surface area contributed by atoms with E-state index in [9.17, 15) is 0 Å². The average Bonchev–Trinajstić information content (AvgIpc) is 3.35. The summed E-state index contributed by atoms with van der Waals surface area (Å²) in [6.07, 6.45) is 3.86. The van der Waals surface area contributed by atoms with Crippen molar-refractivity contribution in [2.24, 2.45) is 0 Å². The molecule has 1 N–H and O–H groups in total. The molecule has 1 saturated heterocycles. The average molecular weight is 498 g/mol. The number of anilines is 1. The molecule has 1 fully saturated rings. The van der Waals surface area contributed by atoms with Crippen LogP contribution in [0.5, 0.6) is 5.75 Å². The van der Waals surface area contributed by atoms with Crippen LogP contribution in [0.3, 0.4) is 0 Å². The summed E-state index contributed by atoms with van der Waals surface area (Å²) >= 11 is 5.91. The molecule has 2 atom stereocenters. The van der Waals surface area contributed by atoms with Crippen molar-refractivity contribution in [2.75, 3.05) is 4.90 Å². The number of rotatable bonds is 6. The lowest BCUT2D eigenvalue weighted by Gasteiger charge is -2.28. The van der Waals surface area contributed by atoms with Crippen LogP contribution in [0.1, 0.15) is 54.1 Å². The molecule has 0 aliphatic carbocycles. The van der Waals surface area contributed by atoms with E-state index in [-0.39, 0.29) is 18.2 Å². The second-order valence-corrected chi connectivity index (χ2v) is 9.90. The van der Waals surface area contributed by atoms with Gasteiger partial charge in [-0.25, -0.2) is 4.98 Å². The van der Waals surface area contributed by atoms with E-state index in [1.807, 2.05) is 50.5 Å². The molecule has 3 aromatic heterocycles. The van der Waals surface area contributed by atoms with E-state index in [1.54, 1.807) is 0 Å². The Balaban J connectivity index is 1.62. The number of hydrogen-bond acceptors (Lipinski definition) is 4. The highest BCUT2D eigenvalue weighted by Gasteiger charge is 2.42. The van der Waals surface area contributed by atoms with E-state index in [0.717, 1.165) is 39.9 Å². The molecule has 5 rings (SSSR count). The maximum absolute atomic E-state index is 5.91. The number of nitrogens with zero attached hydrogens (tertiary/aromatic N) is 4. The summed E-state index contributed by atoms with van der Waals surface area (Å²) in [6.45, 7) is 10.4. The molecule has 0 saturated carbocycles. The summed E-state index contributed by atoms with van der Waals surface area (Å²) in [5.74, 6) is 1.75. The Bertz CT molecular complexity index is 1360. The fourth-order valence-electron chi connectivity index (χ4n) is 4.94. The molecule has 4 heterocycles. The topological polar surface area (TPSA) is 55.2 Å². The Kier molecular flexibility index (Phi) is 6.49. The molecule has 6 nitrogen and oxygen atoms in total. The van der Waals surface area contributed by atoms with Crippen LogP contribution in [0.4, 0.5) is 5.69 Å². The fraction of sp³-hybridized carbons (Fsp3) is 0.276. The van der Waals surface area contributed by atoms with Crippen LogP contribution < -0.4 is 15.0 Å². The molecule has 4 aromatic rings. The van der Waals surface area contributed by atoms with Crippen molar-refractivity contribution in [1.29, 1.82) is 0 Å². The van der Waals surface area contributed by atoms with E-state index in [2.05, 4.69) is 76.9 Å². The van der Waals surface area contributed by atoms with Gasteiger partial charge in [0.15, 0.2) is 5.11 Å². The van der Waals surface area contributed by atoms with Crippen LogP contribution in [-0.2, 0) is 0 Å². The van der Waals surface area contributed by atoms with Crippen molar-refractivity contribution >= 4 is 23.0 Å². The zero-order valence-electron chi connectivity index (χ0n) is 21.3. The number of ether oxygens (including phenoxy) is 1. The molecule has 36 heavy (non-hydrogen) atoms. The Morgan fingerprint density at radius 2 is 1.75 bits per heavy atom. The number of aromatic nitrogens is 3. The molecule has 0 spiro atoms. The van der Waals surface area contributed by atoms with Gasteiger partial charge in [-0.15, -0.1) is 0 Å². The van der Waals surface area contributed by atoms with Crippen LogP contribution in [0.15, 0.2) is 73.1 Å². The van der Waals surface area contributed by atoms with E-state index in [4.69, 9.17) is 21.9 Å². The minimum atomic E-state index is -0.106. The first-order valence-electron chi connectivity index (χ1n) is 12.2. The van der Waals surface area contributed by atoms with Crippen molar-refractivity contribution in [3.63, 3.8) is 0 Å². The second-order valence-electron chi connectivity index (χ2n) is 9.51.